The average molecular weight is 533 g/mol. The highest BCUT2D eigenvalue weighted by molar-refractivity contribution is 7.92. The van der Waals surface area contributed by atoms with Crippen LogP contribution in [0.1, 0.15) is 5.56 Å². The van der Waals surface area contributed by atoms with Gasteiger partial charge in [0.2, 0.25) is 15.9 Å². The Kier molecular flexibility index (Phi) is 7.64. The molecule has 1 N–H and O–H groups in total. The van der Waals surface area contributed by atoms with Gasteiger partial charge in [-0.05, 0) is 48.5 Å². The number of para-hydroxylation sites is 1. The van der Waals surface area contributed by atoms with Gasteiger partial charge in [0.25, 0.3) is 0 Å². The first-order valence-electron chi connectivity index (χ1n) is 9.51. The van der Waals surface area contributed by atoms with Crippen molar-refractivity contribution >= 4 is 50.5 Å². The van der Waals surface area contributed by atoms with E-state index in [0.717, 1.165) is 12.3 Å². The van der Waals surface area contributed by atoms with Gasteiger partial charge in [0.05, 0.1) is 28.2 Å². The smallest absolute Gasteiger partial charge is 0.416 e. The number of hydrogen-bond donors (Lipinski definition) is 1. The van der Waals surface area contributed by atoms with Gasteiger partial charge in [0.15, 0.2) is 5.75 Å². The number of carbonyl (C=O) groups is 1. The molecule has 12 heteroatoms. The predicted octanol–water partition coefficient (Wildman–Crippen LogP) is 6.21. The van der Waals surface area contributed by atoms with E-state index < -0.39 is 39.9 Å². The lowest BCUT2D eigenvalue weighted by molar-refractivity contribution is -0.137. The van der Waals surface area contributed by atoms with E-state index in [2.05, 4.69) is 5.32 Å². The number of amides is 1. The zero-order valence-electron chi connectivity index (χ0n) is 17.4. The van der Waals surface area contributed by atoms with Crippen LogP contribution >= 0.6 is 23.2 Å². The van der Waals surface area contributed by atoms with Crippen LogP contribution in [0.25, 0.3) is 0 Å². The normalized spacial score (nSPS) is 11.7. The van der Waals surface area contributed by atoms with Gasteiger partial charge in [-0.25, -0.2) is 8.42 Å². The van der Waals surface area contributed by atoms with E-state index in [4.69, 9.17) is 27.9 Å². The highest BCUT2D eigenvalue weighted by Gasteiger charge is 2.33. The predicted molar refractivity (Wildman–Crippen MR) is 125 cm³/mol. The third-order valence-corrected chi connectivity index (χ3v) is 6.10. The number of nitrogens with zero attached hydrogens (tertiary/aromatic N) is 1. The van der Waals surface area contributed by atoms with Gasteiger partial charge in [-0.3, -0.25) is 9.10 Å². The van der Waals surface area contributed by atoms with Crippen molar-refractivity contribution < 1.29 is 31.1 Å². The number of rotatable bonds is 7. The molecule has 34 heavy (non-hydrogen) atoms. The summed E-state index contributed by atoms with van der Waals surface area (Å²) in [4.78, 5) is 12.8. The number of nitrogens with one attached hydrogen (secondary N) is 1. The van der Waals surface area contributed by atoms with Crippen molar-refractivity contribution in [2.75, 3.05) is 22.4 Å². The maximum absolute atomic E-state index is 13.2. The fourth-order valence-corrected chi connectivity index (χ4v) is 4.19. The molecule has 0 radical (unpaired) electrons. The van der Waals surface area contributed by atoms with Crippen molar-refractivity contribution in [3.05, 3.63) is 82.3 Å². The van der Waals surface area contributed by atoms with Crippen molar-refractivity contribution in [1.82, 2.24) is 0 Å². The Morgan fingerprint density at radius 3 is 2.32 bits per heavy atom. The van der Waals surface area contributed by atoms with Crippen LogP contribution < -0.4 is 14.4 Å². The Balaban J connectivity index is 1.90. The fourth-order valence-electron chi connectivity index (χ4n) is 2.89. The third kappa shape index (κ3) is 6.55. The Morgan fingerprint density at radius 2 is 1.71 bits per heavy atom. The SMILES string of the molecule is CS(=O)(=O)N(CC(=O)Nc1cc(Cl)ccc1Oc1ccccc1)c1cc(C(F)(F)F)ccc1Cl. The van der Waals surface area contributed by atoms with E-state index in [-0.39, 0.29) is 21.5 Å². The molecular weight excluding hydrogens is 516 g/mol. The largest absolute Gasteiger partial charge is 0.455 e. The first kappa shape index (κ1) is 25.7. The zero-order chi connectivity index (χ0) is 25.1. The van der Waals surface area contributed by atoms with Crippen LogP contribution in [0, 0.1) is 0 Å². The van der Waals surface area contributed by atoms with E-state index in [1.54, 1.807) is 30.3 Å². The minimum Gasteiger partial charge on any atom is -0.455 e. The maximum atomic E-state index is 13.2. The number of anilines is 2. The Hall–Kier alpha value is -2.95. The second kappa shape index (κ2) is 10.1. The number of alkyl halides is 3. The highest BCUT2D eigenvalue weighted by Crippen LogP contribution is 2.36. The summed E-state index contributed by atoms with van der Waals surface area (Å²) in [5.74, 6) is -0.181. The molecule has 0 heterocycles. The summed E-state index contributed by atoms with van der Waals surface area (Å²) < 4.78 is 70.4. The zero-order valence-corrected chi connectivity index (χ0v) is 19.8. The maximum Gasteiger partial charge on any atom is 0.416 e. The Labute approximate surface area is 203 Å². The molecule has 0 bridgehead atoms. The van der Waals surface area contributed by atoms with Crippen molar-refractivity contribution in [3.63, 3.8) is 0 Å². The molecule has 0 aromatic heterocycles. The molecule has 0 fully saturated rings. The van der Waals surface area contributed by atoms with Gasteiger partial charge < -0.3 is 10.1 Å². The number of ether oxygens (including phenoxy) is 1. The molecule has 0 saturated carbocycles. The van der Waals surface area contributed by atoms with Gasteiger partial charge >= 0.3 is 6.18 Å². The molecule has 0 spiro atoms. The number of benzene rings is 3. The van der Waals surface area contributed by atoms with Crippen LogP contribution in [0.2, 0.25) is 10.0 Å². The molecule has 0 aliphatic carbocycles. The molecule has 6 nitrogen and oxygen atoms in total. The minimum atomic E-state index is -4.74. The van der Waals surface area contributed by atoms with Crippen molar-refractivity contribution in [1.29, 1.82) is 0 Å². The van der Waals surface area contributed by atoms with Crippen LogP contribution in [0.4, 0.5) is 24.5 Å². The number of hydrogen-bond acceptors (Lipinski definition) is 4. The van der Waals surface area contributed by atoms with Gasteiger partial charge in [-0.1, -0.05) is 41.4 Å². The first-order chi connectivity index (χ1) is 15.8. The van der Waals surface area contributed by atoms with Crippen LogP contribution in [-0.4, -0.2) is 27.1 Å². The lowest BCUT2D eigenvalue weighted by Gasteiger charge is -2.24. The molecular formula is C22H17Cl2F3N2O4S. The monoisotopic (exact) mass is 532 g/mol. The summed E-state index contributed by atoms with van der Waals surface area (Å²) in [5, 5.41) is 2.47. The lowest BCUT2D eigenvalue weighted by atomic mass is 10.2. The van der Waals surface area contributed by atoms with Crippen LogP contribution in [-0.2, 0) is 21.0 Å². The van der Waals surface area contributed by atoms with E-state index in [9.17, 15) is 26.4 Å². The summed E-state index contributed by atoms with van der Waals surface area (Å²) in [6.07, 6.45) is -3.99. The van der Waals surface area contributed by atoms with Crippen molar-refractivity contribution in [2.24, 2.45) is 0 Å². The molecule has 0 aliphatic rings. The van der Waals surface area contributed by atoms with Crippen LogP contribution in [0.3, 0.4) is 0 Å². The summed E-state index contributed by atoms with van der Waals surface area (Å²) >= 11 is 12.0. The minimum absolute atomic E-state index is 0.130. The van der Waals surface area contributed by atoms with E-state index >= 15 is 0 Å². The second-order valence-corrected chi connectivity index (χ2v) is 9.79. The van der Waals surface area contributed by atoms with Crippen LogP contribution in [0.15, 0.2) is 66.7 Å². The summed E-state index contributed by atoms with van der Waals surface area (Å²) in [6, 6.07) is 15.3. The number of halogens is 5. The Bertz CT molecular complexity index is 1300. The van der Waals surface area contributed by atoms with E-state index in [1.165, 1.54) is 18.2 Å². The topological polar surface area (TPSA) is 75.7 Å². The number of sulfonamides is 1. The standard InChI is InChI=1S/C22H17Cl2F3N2O4S/c1-34(31,32)29(19-11-14(22(25,26)27)7-9-17(19)24)13-21(30)28-18-12-15(23)8-10-20(18)33-16-5-3-2-4-6-16/h2-12H,13H2,1H3,(H,28,30). The van der Waals surface area contributed by atoms with E-state index in [1.807, 2.05) is 0 Å². The molecule has 3 rings (SSSR count). The fraction of sp³-hybridized carbons (Fsp3) is 0.136. The molecule has 3 aromatic rings. The van der Waals surface area contributed by atoms with Crippen molar-refractivity contribution in [3.8, 4) is 11.5 Å². The summed E-state index contributed by atoms with van der Waals surface area (Å²) in [6.45, 7) is -0.850. The molecule has 3 aromatic carbocycles. The third-order valence-electron chi connectivity index (χ3n) is 4.42. The molecule has 0 unspecified atom stereocenters. The Morgan fingerprint density at radius 1 is 1.03 bits per heavy atom. The first-order valence-corrected chi connectivity index (χ1v) is 12.1. The molecule has 0 atom stereocenters. The lowest BCUT2D eigenvalue weighted by Crippen LogP contribution is -2.37. The molecule has 0 saturated heterocycles. The summed E-state index contributed by atoms with van der Waals surface area (Å²) in [5.41, 5.74) is -1.47. The van der Waals surface area contributed by atoms with Gasteiger partial charge in [0.1, 0.15) is 12.3 Å². The second-order valence-electron chi connectivity index (χ2n) is 7.04. The average Bonchev–Trinajstić information content (AvgIpc) is 2.74. The quantitative estimate of drug-likeness (QED) is 0.392. The molecule has 0 aliphatic heterocycles. The van der Waals surface area contributed by atoms with Crippen molar-refractivity contribution in [2.45, 2.75) is 6.18 Å². The highest BCUT2D eigenvalue weighted by atomic mass is 35.5. The number of carbonyl (C=O) groups excluding carboxylic acids is 1. The van der Waals surface area contributed by atoms with Crippen LogP contribution in [0.5, 0.6) is 11.5 Å². The molecule has 1 amide bonds. The molecule has 180 valence electrons. The van der Waals surface area contributed by atoms with Gasteiger partial charge in [0, 0.05) is 5.02 Å². The van der Waals surface area contributed by atoms with Gasteiger partial charge in [-0.15, -0.1) is 0 Å². The van der Waals surface area contributed by atoms with Gasteiger partial charge in [-0.2, -0.15) is 13.2 Å². The summed E-state index contributed by atoms with van der Waals surface area (Å²) in [7, 11) is -4.19. The van der Waals surface area contributed by atoms with E-state index in [0.29, 0.717) is 22.2 Å².